The number of carbonyl (C=O) groups excluding carboxylic acids is 1. The van der Waals surface area contributed by atoms with E-state index in [2.05, 4.69) is 5.32 Å². The summed E-state index contributed by atoms with van der Waals surface area (Å²) in [6.07, 6.45) is 0.966. The lowest BCUT2D eigenvalue weighted by molar-refractivity contribution is -0.146. The van der Waals surface area contributed by atoms with Crippen LogP contribution in [0.15, 0.2) is 35.4 Å². The molecule has 1 aromatic rings. The van der Waals surface area contributed by atoms with Gasteiger partial charge in [-0.3, -0.25) is 9.59 Å². The first-order valence-electron chi connectivity index (χ1n) is 7.14. The Hall–Kier alpha value is -2.10. The van der Waals surface area contributed by atoms with Crippen LogP contribution in [0.1, 0.15) is 32.3 Å². The molecule has 1 aromatic carbocycles. The van der Waals surface area contributed by atoms with Crippen molar-refractivity contribution in [2.24, 2.45) is 11.8 Å². The van der Waals surface area contributed by atoms with E-state index in [0.717, 1.165) is 16.7 Å². The summed E-state index contributed by atoms with van der Waals surface area (Å²) in [5.74, 6) is -2.25. The van der Waals surface area contributed by atoms with Crippen LogP contribution in [0.3, 0.4) is 0 Å². The average molecular weight is 287 g/mol. The van der Waals surface area contributed by atoms with E-state index in [1.165, 1.54) is 0 Å². The number of amides is 1. The molecule has 0 fully saturated rings. The van der Waals surface area contributed by atoms with Crippen molar-refractivity contribution in [2.75, 3.05) is 5.32 Å². The maximum atomic E-state index is 12.4. The van der Waals surface area contributed by atoms with Gasteiger partial charge in [0.2, 0.25) is 5.91 Å². The van der Waals surface area contributed by atoms with E-state index in [4.69, 9.17) is 0 Å². The maximum Gasteiger partial charge on any atom is 0.307 e. The van der Waals surface area contributed by atoms with Gasteiger partial charge in [0.25, 0.3) is 0 Å². The molecule has 0 aliphatic heterocycles. The molecule has 4 nitrogen and oxygen atoms in total. The number of carboxylic acid groups (broad SMARTS) is 1. The fourth-order valence-electron chi connectivity index (χ4n) is 2.70. The van der Waals surface area contributed by atoms with Crippen LogP contribution in [0.25, 0.3) is 0 Å². The Morgan fingerprint density at radius 2 is 1.52 bits per heavy atom. The van der Waals surface area contributed by atoms with Gasteiger partial charge < -0.3 is 10.4 Å². The second kappa shape index (κ2) is 6.12. The third-order valence-corrected chi connectivity index (χ3v) is 4.24. The van der Waals surface area contributed by atoms with E-state index in [-0.39, 0.29) is 5.91 Å². The highest BCUT2D eigenvalue weighted by Gasteiger charge is 2.37. The molecule has 4 heteroatoms. The van der Waals surface area contributed by atoms with Gasteiger partial charge in [-0.1, -0.05) is 28.8 Å². The average Bonchev–Trinajstić information content (AvgIpc) is 2.43. The molecular weight excluding hydrogens is 266 g/mol. The zero-order valence-corrected chi connectivity index (χ0v) is 12.6. The summed E-state index contributed by atoms with van der Waals surface area (Å²) in [4.78, 5) is 23.8. The molecule has 0 aromatic heterocycles. The summed E-state index contributed by atoms with van der Waals surface area (Å²) in [6.45, 7) is 5.89. The molecule has 0 radical (unpaired) electrons. The van der Waals surface area contributed by atoms with Crippen molar-refractivity contribution in [1.29, 1.82) is 0 Å². The van der Waals surface area contributed by atoms with Gasteiger partial charge in [0.05, 0.1) is 11.8 Å². The summed E-state index contributed by atoms with van der Waals surface area (Å²) < 4.78 is 0. The Morgan fingerprint density at radius 3 is 2.05 bits per heavy atom. The first-order chi connectivity index (χ1) is 9.88. The van der Waals surface area contributed by atoms with Crippen molar-refractivity contribution >= 4 is 17.6 Å². The van der Waals surface area contributed by atoms with E-state index < -0.39 is 17.8 Å². The second-order valence-corrected chi connectivity index (χ2v) is 5.88. The Kier molecular flexibility index (Phi) is 4.46. The molecule has 2 unspecified atom stereocenters. The van der Waals surface area contributed by atoms with Crippen molar-refractivity contribution in [2.45, 2.75) is 33.6 Å². The highest BCUT2D eigenvalue weighted by Crippen LogP contribution is 2.35. The molecule has 0 spiro atoms. The van der Waals surface area contributed by atoms with Crippen molar-refractivity contribution < 1.29 is 14.7 Å². The van der Waals surface area contributed by atoms with Gasteiger partial charge in [-0.15, -0.1) is 0 Å². The predicted octanol–water partition coefficient (Wildman–Crippen LogP) is 3.38. The van der Waals surface area contributed by atoms with E-state index >= 15 is 0 Å². The molecule has 21 heavy (non-hydrogen) atoms. The normalized spacial score (nSPS) is 22.0. The van der Waals surface area contributed by atoms with E-state index in [1.807, 2.05) is 45.0 Å². The standard InChI is InChI=1S/C17H21NO3/c1-10-4-6-13(7-5-10)18-16(19)14-8-11(2)12(3)9-15(14)17(20)21/h4-7,14-15H,8-9H2,1-3H3,(H,18,19)(H,20,21). The van der Waals surface area contributed by atoms with Crippen molar-refractivity contribution in [3.63, 3.8) is 0 Å². The van der Waals surface area contributed by atoms with Crippen LogP contribution in [-0.2, 0) is 9.59 Å². The number of nitrogens with one attached hydrogen (secondary N) is 1. The van der Waals surface area contributed by atoms with Gasteiger partial charge in [0.1, 0.15) is 0 Å². The SMILES string of the molecule is CC1=C(C)CC(C(=O)Nc2ccc(C)cc2)C(C(=O)O)C1. The van der Waals surface area contributed by atoms with E-state index in [1.54, 1.807) is 0 Å². The summed E-state index contributed by atoms with van der Waals surface area (Å²) in [7, 11) is 0. The van der Waals surface area contributed by atoms with Crippen LogP contribution < -0.4 is 5.32 Å². The smallest absolute Gasteiger partial charge is 0.307 e. The first-order valence-corrected chi connectivity index (χ1v) is 7.14. The van der Waals surface area contributed by atoms with Gasteiger partial charge in [0, 0.05) is 5.69 Å². The fraction of sp³-hybridized carbons (Fsp3) is 0.412. The quantitative estimate of drug-likeness (QED) is 0.837. The highest BCUT2D eigenvalue weighted by atomic mass is 16.4. The molecule has 0 bridgehead atoms. The lowest BCUT2D eigenvalue weighted by atomic mass is 9.76. The summed E-state index contributed by atoms with van der Waals surface area (Å²) >= 11 is 0. The minimum Gasteiger partial charge on any atom is -0.481 e. The molecule has 0 heterocycles. The second-order valence-electron chi connectivity index (χ2n) is 5.88. The number of benzene rings is 1. The number of hydrogen-bond donors (Lipinski definition) is 2. The van der Waals surface area contributed by atoms with E-state index in [0.29, 0.717) is 18.5 Å². The van der Waals surface area contributed by atoms with Crippen molar-refractivity contribution in [3.05, 3.63) is 41.0 Å². The number of anilines is 1. The molecule has 112 valence electrons. The largest absolute Gasteiger partial charge is 0.481 e. The van der Waals surface area contributed by atoms with Gasteiger partial charge in [0.15, 0.2) is 0 Å². The van der Waals surface area contributed by atoms with Crippen LogP contribution >= 0.6 is 0 Å². The Labute approximate surface area is 124 Å². The molecule has 1 aliphatic rings. The summed E-state index contributed by atoms with van der Waals surface area (Å²) in [5, 5.41) is 12.2. The van der Waals surface area contributed by atoms with Crippen molar-refractivity contribution in [3.8, 4) is 0 Å². The molecular formula is C17H21NO3. The van der Waals surface area contributed by atoms with Crippen LogP contribution in [-0.4, -0.2) is 17.0 Å². The predicted molar refractivity (Wildman–Crippen MR) is 82.0 cm³/mol. The first kappa shape index (κ1) is 15.3. The third-order valence-electron chi connectivity index (χ3n) is 4.24. The van der Waals surface area contributed by atoms with Gasteiger partial charge in [-0.25, -0.2) is 0 Å². The molecule has 1 aliphatic carbocycles. The number of allylic oxidation sites excluding steroid dienone is 2. The number of carboxylic acids is 1. The Bertz CT molecular complexity index is 587. The van der Waals surface area contributed by atoms with E-state index in [9.17, 15) is 14.7 Å². The number of rotatable bonds is 3. The van der Waals surface area contributed by atoms with Crippen molar-refractivity contribution in [1.82, 2.24) is 0 Å². The number of carbonyl (C=O) groups is 2. The van der Waals surface area contributed by atoms with Gasteiger partial charge in [-0.05, 0) is 45.7 Å². The minimum absolute atomic E-state index is 0.210. The molecule has 2 rings (SSSR count). The van der Waals surface area contributed by atoms with Crippen LogP contribution in [0.5, 0.6) is 0 Å². The molecule has 1 amide bonds. The minimum atomic E-state index is -0.897. The van der Waals surface area contributed by atoms with Crippen LogP contribution in [0.4, 0.5) is 5.69 Å². The number of aryl methyl sites for hydroxylation is 1. The number of aliphatic carboxylic acids is 1. The summed E-state index contributed by atoms with van der Waals surface area (Å²) in [6, 6.07) is 7.50. The zero-order valence-electron chi connectivity index (χ0n) is 12.6. The van der Waals surface area contributed by atoms with Crippen LogP contribution in [0.2, 0.25) is 0 Å². The maximum absolute atomic E-state index is 12.4. The highest BCUT2D eigenvalue weighted by molar-refractivity contribution is 5.95. The lowest BCUT2D eigenvalue weighted by Gasteiger charge is -2.29. The summed E-state index contributed by atoms with van der Waals surface area (Å²) in [5.41, 5.74) is 4.03. The zero-order chi connectivity index (χ0) is 15.6. The van der Waals surface area contributed by atoms with Crippen LogP contribution in [0, 0.1) is 18.8 Å². The van der Waals surface area contributed by atoms with Gasteiger partial charge in [-0.2, -0.15) is 0 Å². The topological polar surface area (TPSA) is 66.4 Å². The Balaban J connectivity index is 2.16. The monoisotopic (exact) mass is 287 g/mol. The Morgan fingerprint density at radius 1 is 1.00 bits per heavy atom. The number of hydrogen-bond acceptors (Lipinski definition) is 2. The lowest BCUT2D eigenvalue weighted by Crippen LogP contribution is -2.36. The molecule has 2 N–H and O–H groups in total. The molecule has 2 atom stereocenters. The van der Waals surface area contributed by atoms with Gasteiger partial charge >= 0.3 is 5.97 Å². The fourth-order valence-corrected chi connectivity index (χ4v) is 2.70. The molecule has 0 saturated carbocycles. The molecule has 0 saturated heterocycles. The third kappa shape index (κ3) is 3.51.